The quantitative estimate of drug-likeness (QED) is 0.607. The molecule has 0 spiro atoms. The van der Waals surface area contributed by atoms with Crippen molar-refractivity contribution in [3.8, 4) is 11.8 Å². The van der Waals surface area contributed by atoms with Crippen LogP contribution in [0, 0.1) is 11.8 Å². The molecule has 4 heteroatoms. The molecule has 1 N–H and O–H groups in total. The van der Waals surface area contributed by atoms with Crippen molar-refractivity contribution in [3.63, 3.8) is 0 Å². The van der Waals surface area contributed by atoms with E-state index < -0.39 is 6.10 Å². The molecule has 0 aliphatic heterocycles. The van der Waals surface area contributed by atoms with Gasteiger partial charge in [0.2, 0.25) is 5.91 Å². The molecular weight excluding hydrogens is 254 g/mol. The van der Waals surface area contributed by atoms with Crippen molar-refractivity contribution in [2.75, 3.05) is 26.4 Å². The molecule has 0 aliphatic carbocycles. The summed E-state index contributed by atoms with van der Waals surface area (Å²) < 4.78 is 10.5. The zero-order chi connectivity index (χ0) is 14.6. The Balaban J connectivity index is 2.21. The minimum absolute atomic E-state index is 0.163. The fourth-order valence-corrected chi connectivity index (χ4v) is 1.45. The highest BCUT2D eigenvalue weighted by Crippen LogP contribution is 1.94. The highest BCUT2D eigenvalue weighted by molar-refractivity contribution is 5.80. The minimum Gasteiger partial charge on any atom is -0.379 e. The van der Waals surface area contributed by atoms with E-state index in [2.05, 4.69) is 17.2 Å². The molecule has 0 aliphatic rings. The molecule has 4 nitrogen and oxygen atoms in total. The maximum Gasteiger partial charge on any atom is 0.249 e. The normalized spacial score (nSPS) is 11.3. The SMILES string of the molecule is CCOCCO[C@@H](C)C(=O)NCC#Cc1ccccc1. The molecular formula is C16H21NO3. The van der Waals surface area contributed by atoms with Crippen LogP contribution in [0.3, 0.4) is 0 Å². The third kappa shape index (κ3) is 6.93. The third-order valence-corrected chi connectivity index (χ3v) is 2.53. The lowest BCUT2D eigenvalue weighted by molar-refractivity contribution is -0.132. The maximum absolute atomic E-state index is 11.7. The largest absolute Gasteiger partial charge is 0.379 e. The van der Waals surface area contributed by atoms with Crippen molar-refractivity contribution in [2.45, 2.75) is 20.0 Å². The Bertz CT molecular complexity index is 448. The van der Waals surface area contributed by atoms with Gasteiger partial charge in [-0.05, 0) is 26.0 Å². The summed E-state index contributed by atoms with van der Waals surface area (Å²) in [5.74, 6) is 5.71. The van der Waals surface area contributed by atoms with E-state index in [9.17, 15) is 4.79 Å². The number of hydrogen-bond donors (Lipinski definition) is 1. The Morgan fingerprint density at radius 1 is 1.30 bits per heavy atom. The molecule has 0 bridgehead atoms. The number of amides is 1. The van der Waals surface area contributed by atoms with E-state index in [0.29, 0.717) is 26.4 Å². The molecule has 0 heterocycles. The summed E-state index contributed by atoms with van der Waals surface area (Å²) in [5, 5.41) is 2.72. The predicted octanol–water partition coefficient (Wildman–Crippen LogP) is 1.60. The second-order valence-corrected chi connectivity index (χ2v) is 4.10. The van der Waals surface area contributed by atoms with Crippen LogP contribution in [0.5, 0.6) is 0 Å². The Morgan fingerprint density at radius 2 is 2.05 bits per heavy atom. The summed E-state index contributed by atoms with van der Waals surface area (Å²) in [7, 11) is 0. The van der Waals surface area contributed by atoms with Crippen LogP contribution < -0.4 is 5.32 Å². The van der Waals surface area contributed by atoms with E-state index in [0.717, 1.165) is 5.56 Å². The van der Waals surface area contributed by atoms with E-state index >= 15 is 0 Å². The first kappa shape index (κ1) is 16.2. The topological polar surface area (TPSA) is 47.6 Å². The molecule has 0 unspecified atom stereocenters. The molecule has 1 atom stereocenters. The molecule has 1 amide bonds. The summed E-state index contributed by atoms with van der Waals surface area (Å²) in [4.78, 5) is 11.7. The maximum atomic E-state index is 11.7. The first-order chi connectivity index (χ1) is 9.74. The van der Waals surface area contributed by atoms with Gasteiger partial charge in [-0.2, -0.15) is 0 Å². The summed E-state index contributed by atoms with van der Waals surface area (Å²) in [6.07, 6.45) is -0.492. The van der Waals surface area contributed by atoms with Crippen LogP contribution in [0.4, 0.5) is 0 Å². The zero-order valence-corrected chi connectivity index (χ0v) is 12.0. The highest BCUT2D eigenvalue weighted by atomic mass is 16.5. The highest BCUT2D eigenvalue weighted by Gasteiger charge is 2.11. The number of nitrogens with one attached hydrogen (secondary N) is 1. The smallest absolute Gasteiger partial charge is 0.249 e. The molecule has 108 valence electrons. The number of rotatable bonds is 7. The molecule has 0 saturated carbocycles. The average molecular weight is 275 g/mol. The van der Waals surface area contributed by atoms with Crippen molar-refractivity contribution in [1.29, 1.82) is 0 Å². The lowest BCUT2D eigenvalue weighted by Gasteiger charge is -2.11. The summed E-state index contributed by atoms with van der Waals surface area (Å²) in [5.41, 5.74) is 0.933. The van der Waals surface area contributed by atoms with E-state index in [4.69, 9.17) is 9.47 Å². The molecule has 0 aromatic heterocycles. The van der Waals surface area contributed by atoms with Gasteiger partial charge in [0, 0.05) is 12.2 Å². The van der Waals surface area contributed by atoms with Crippen LogP contribution in [0.15, 0.2) is 30.3 Å². The van der Waals surface area contributed by atoms with Gasteiger partial charge in [-0.15, -0.1) is 0 Å². The van der Waals surface area contributed by atoms with Gasteiger partial charge in [0.25, 0.3) is 0 Å². The fourth-order valence-electron chi connectivity index (χ4n) is 1.45. The van der Waals surface area contributed by atoms with Crippen LogP contribution >= 0.6 is 0 Å². The van der Waals surface area contributed by atoms with Crippen molar-refractivity contribution in [1.82, 2.24) is 5.32 Å². The monoisotopic (exact) mass is 275 g/mol. The number of benzene rings is 1. The summed E-state index contributed by atoms with van der Waals surface area (Å²) >= 11 is 0. The van der Waals surface area contributed by atoms with Gasteiger partial charge in [-0.25, -0.2) is 0 Å². The Labute approximate surface area is 120 Å². The Morgan fingerprint density at radius 3 is 2.75 bits per heavy atom. The summed E-state index contributed by atoms with van der Waals surface area (Å²) in [6, 6.07) is 9.64. The number of ether oxygens (including phenoxy) is 2. The summed E-state index contributed by atoms with van der Waals surface area (Å²) in [6.45, 7) is 5.51. The van der Waals surface area contributed by atoms with Gasteiger partial charge < -0.3 is 14.8 Å². The van der Waals surface area contributed by atoms with Gasteiger partial charge in [-0.1, -0.05) is 30.0 Å². The molecule has 0 radical (unpaired) electrons. The Hall–Kier alpha value is -1.83. The van der Waals surface area contributed by atoms with E-state index in [1.165, 1.54) is 0 Å². The Kier molecular flexibility index (Phi) is 8.13. The van der Waals surface area contributed by atoms with Gasteiger partial charge in [-0.3, -0.25) is 4.79 Å². The molecule has 1 rings (SSSR count). The standard InChI is InChI=1S/C16H21NO3/c1-3-19-12-13-20-14(2)16(18)17-11-7-10-15-8-5-4-6-9-15/h4-6,8-9,14H,3,11-13H2,1-2H3,(H,17,18)/t14-/m0/s1. The second-order valence-electron chi connectivity index (χ2n) is 4.10. The first-order valence-electron chi connectivity index (χ1n) is 6.75. The van der Waals surface area contributed by atoms with Gasteiger partial charge in [0.1, 0.15) is 6.10 Å². The lowest BCUT2D eigenvalue weighted by Crippen LogP contribution is -2.35. The number of carbonyl (C=O) groups is 1. The molecule has 0 fully saturated rings. The number of hydrogen-bond acceptors (Lipinski definition) is 3. The minimum atomic E-state index is -0.492. The van der Waals surface area contributed by atoms with Crippen LogP contribution in [-0.4, -0.2) is 38.4 Å². The molecule has 20 heavy (non-hydrogen) atoms. The molecule has 0 saturated heterocycles. The van der Waals surface area contributed by atoms with Crippen LogP contribution in [0.1, 0.15) is 19.4 Å². The molecule has 1 aromatic carbocycles. The van der Waals surface area contributed by atoms with E-state index in [1.807, 2.05) is 37.3 Å². The lowest BCUT2D eigenvalue weighted by atomic mass is 10.2. The second kappa shape index (κ2) is 10.0. The fraction of sp³-hybridized carbons (Fsp3) is 0.438. The van der Waals surface area contributed by atoms with Gasteiger partial charge >= 0.3 is 0 Å². The molecule has 1 aromatic rings. The van der Waals surface area contributed by atoms with Crippen molar-refractivity contribution >= 4 is 5.91 Å². The third-order valence-electron chi connectivity index (χ3n) is 2.53. The van der Waals surface area contributed by atoms with Crippen LogP contribution in [0.25, 0.3) is 0 Å². The number of carbonyl (C=O) groups excluding carboxylic acids is 1. The van der Waals surface area contributed by atoms with Gasteiger partial charge in [0.15, 0.2) is 0 Å². The first-order valence-corrected chi connectivity index (χ1v) is 6.75. The van der Waals surface area contributed by atoms with Crippen LogP contribution in [0.2, 0.25) is 0 Å². The van der Waals surface area contributed by atoms with E-state index in [1.54, 1.807) is 6.92 Å². The van der Waals surface area contributed by atoms with Crippen molar-refractivity contribution in [2.24, 2.45) is 0 Å². The zero-order valence-electron chi connectivity index (χ0n) is 12.0. The average Bonchev–Trinajstić information content (AvgIpc) is 2.48. The predicted molar refractivity (Wildman–Crippen MR) is 78.2 cm³/mol. The van der Waals surface area contributed by atoms with Crippen molar-refractivity contribution in [3.05, 3.63) is 35.9 Å². The van der Waals surface area contributed by atoms with Crippen molar-refractivity contribution < 1.29 is 14.3 Å². The van der Waals surface area contributed by atoms with Gasteiger partial charge in [0.05, 0.1) is 19.8 Å². The van der Waals surface area contributed by atoms with Crippen LogP contribution in [-0.2, 0) is 14.3 Å². The van der Waals surface area contributed by atoms with E-state index in [-0.39, 0.29) is 5.91 Å².